The fourth-order valence-electron chi connectivity index (χ4n) is 4.67. The van der Waals surface area contributed by atoms with Gasteiger partial charge in [-0.05, 0) is 23.7 Å². The molecule has 0 fully saturated rings. The van der Waals surface area contributed by atoms with Crippen LogP contribution < -0.4 is 0 Å². The van der Waals surface area contributed by atoms with Crippen LogP contribution in [0.15, 0.2) is 48.5 Å². The normalized spacial score (nSPS) is 10.5. The van der Waals surface area contributed by atoms with E-state index < -0.39 is 20.8 Å². The Kier molecular flexibility index (Phi) is 19.1. The summed E-state index contributed by atoms with van der Waals surface area (Å²) >= 11 is -0.826. The zero-order chi connectivity index (χ0) is 30.4. The van der Waals surface area contributed by atoms with Gasteiger partial charge in [0.15, 0.2) is 0 Å². The van der Waals surface area contributed by atoms with E-state index in [0.29, 0.717) is 23.7 Å². The molecule has 0 heterocycles. The van der Waals surface area contributed by atoms with Crippen molar-refractivity contribution in [3.63, 3.8) is 0 Å². The maximum atomic E-state index is 4.93. The number of benzene rings is 2. The van der Waals surface area contributed by atoms with Crippen molar-refractivity contribution in [3.8, 4) is 0 Å². The minimum absolute atomic E-state index is 0.600. The van der Waals surface area contributed by atoms with Crippen molar-refractivity contribution in [3.05, 3.63) is 88.8 Å². The average Bonchev–Trinajstić information content (AvgIpc) is 3.46. The van der Waals surface area contributed by atoms with Crippen molar-refractivity contribution in [2.24, 2.45) is 0 Å². The van der Waals surface area contributed by atoms with Crippen LogP contribution in [0.2, 0.25) is 6.55 Å². The number of fused-ring (bicyclic) bond motifs is 2. The van der Waals surface area contributed by atoms with E-state index in [2.05, 4.69) is 135 Å². The average molecular weight is 661 g/mol. The van der Waals surface area contributed by atoms with E-state index in [-0.39, 0.29) is 0 Å². The molecule has 0 bridgehead atoms. The monoisotopic (exact) mass is 658 g/mol. The molecular weight excluding hydrogens is 611 g/mol. The van der Waals surface area contributed by atoms with Crippen LogP contribution in [0.5, 0.6) is 0 Å². The fourth-order valence-corrected chi connectivity index (χ4v) is 4.67. The van der Waals surface area contributed by atoms with E-state index in [9.17, 15) is 0 Å². The van der Waals surface area contributed by atoms with Gasteiger partial charge in [0.25, 0.3) is 0 Å². The van der Waals surface area contributed by atoms with Crippen LogP contribution in [0.4, 0.5) is 0 Å². The van der Waals surface area contributed by atoms with Crippen molar-refractivity contribution in [1.82, 2.24) is 0 Å². The summed E-state index contributed by atoms with van der Waals surface area (Å²) in [7, 11) is 12.8. The molecule has 0 aliphatic carbocycles. The van der Waals surface area contributed by atoms with Crippen LogP contribution >= 0.6 is 17.0 Å². The molecule has 0 unspecified atom stereocenters. The van der Waals surface area contributed by atoms with Crippen molar-refractivity contribution >= 4 is 48.8 Å². The van der Waals surface area contributed by atoms with Gasteiger partial charge in [-0.1, -0.05) is 110 Å². The Morgan fingerprint density at radius 2 is 0.872 bits per heavy atom. The van der Waals surface area contributed by atoms with Crippen molar-refractivity contribution in [1.29, 1.82) is 0 Å². The van der Waals surface area contributed by atoms with E-state index in [1.165, 1.54) is 54.9 Å². The second kappa shape index (κ2) is 19.5. The van der Waals surface area contributed by atoms with Crippen LogP contribution in [0.1, 0.15) is 119 Å². The van der Waals surface area contributed by atoms with Gasteiger partial charge in [-0.2, -0.15) is 19.1 Å². The second-order valence-electron chi connectivity index (χ2n) is 11.0. The summed E-state index contributed by atoms with van der Waals surface area (Å²) in [4.78, 5) is 0. The molecule has 39 heavy (non-hydrogen) atoms. The van der Waals surface area contributed by atoms with Crippen LogP contribution in [0, 0.1) is 20.8 Å². The summed E-state index contributed by atoms with van der Waals surface area (Å²) in [5.41, 5.74) is 8.66. The Morgan fingerprint density at radius 3 is 1.10 bits per heavy atom. The van der Waals surface area contributed by atoms with E-state index in [1.54, 1.807) is 13.5 Å². The molecule has 0 saturated heterocycles. The first-order valence-corrected chi connectivity index (χ1v) is 21.3. The predicted molar refractivity (Wildman–Crippen MR) is 179 cm³/mol. The molecule has 4 heteroatoms. The van der Waals surface area contributed by atoms with E-state index in [4.69, 9.17) is 17.0 Å². The van der Waals surface area contributed by atoms with Crippen LogP contribution in [-0.4, -0.2) is 10.2 Å². The quantitative estimate of drug-likeness (QED) is 0.151. The van der Waals surface area contributed by atoms with Gasteiger partial charge in [0.2, 0.25) is 0 Å². The molecule has 0 aromatic heterocycles. The summed E-state index contributed by atoms with van der Waals surface area (Å²) in [6, 6.07) is 18.7. The van der Waals surface area contributed by atoms with Crippen molar-refractivity contribution in [2.45, 2.75) is 106 Å². The van der Waals surface area contributed by atoms with E-state index >= 15 is 0 Å². The Morgan fingerprint density at radius 1 is 0.590 bits per heavy atom. The molecule has 0 aliphatic rings. The minimum atomic E-state index is -0.826. The Bertz CT molecular complexity index is 1130. The molecule has 0 N–H and O–H groups in total. The molecule has 4 aromatic carbocycles. The number of hydrogen-bond donors (Lipinski definition) is 0. The molecular formula is C35H50Cl2SiZr-3. The number of halogens is 2. The summed E-state index contributed by atoms with van der Waals surface area (Å²) in [5.74, 6) is 2.42. The molecule has 0 saturated carbocycles. The van der Waals surface area contributed by atoms with Crippen LogP contribution in [0.3, 0.4) is 0 Å². The molecule has 3 radical (unpaired) electrons. The Hall–Kier alpha value is -0.660. The molecule has 0 nitrogen and oxygen atoms in total. The number of rotatable bonds is 4. The summed E-state index contributed by atoms with van der Waals surface area (Å²) in [6.07, 6.45) is 0. The van der Waals surface area contributed by atoms with Gasteiger partial charge >= 0.3 is 37.9 Å². The number of hydrogen-bond acceptors (Lipinski definition) is 0. The summed E-state index contributed by atoms with van der Waals surface area (Å²) in [6.45, 7) is 29.3. The summed E-state index contributed by atoms with van der Waals surface area (Å²) < 4.78 is 0. The zero-order valence-electron chi connectivity index (χ0n) is 26.4. The van der Waals surface area contributed by atoms with Gasteiger partial charge in [-0.25, -0.2) is 0 Å². The maximum absolute atomic E-state index is 4.93. The van der Waals surface area contributed by atoms with Gasteiger partial charge in [-0.15, -0.1) is 56.9 Å². The molecule has 4 aromatic rings. The summed E-state index contributed by atoms with van der Waals surface area (Å²) in [5, 5.41) is 5.70. The molecule has 4 rings (SSSR count). The molecule has 0 spiro atoms. The third kappa shape index (κ3) is 11.6. The first kappa shape index (κ1) is 38.3. The van der Waals surface area contributed by atoms with Crippen LogP contribution in [0.25, 0.3) is 21.5 Å². The van der Waals surface area contributed by atoms with Gasteiger partial charge in [-0.3, -0.25) is 0 Å². The van der Waals surface area contributed by atoms with Gasteiger partial charge < -0.3 is 6.92 Å². The SMILES string of the molecule is C[Si].Cc1cc2c(C(C)C)cc(C(C)C)cc2[cH-]1.Cc1cc2c(C(C)C)cc(C(C)C)cc2[cH-]1.[CH2-]C.[Cl][Zr][Cl]. The second-order valence-corrected chi connectivity index (χ2v) is 14.7. The molecule has 0 atom stereocenters. The van der Waals surface area contributed by atoms with Crippen molar-refractivity contribution in [2.75, 3.05) is 0 Å². The third-order valence-corrected chi connectivity index (χ3v) is 6.62. The Balaban J connectivity index is 0.000000603. The van der Waals surface area contributed by atoms with Gasteiger partial charge in [0.05, 0.1) is 0 Å². The first-order valence-electron chi connectivity index (χ1n) is 14.0. The Labute approximate surface area is 263 Å². The third-order valence-electron chi connectivity index (χ3n) is 6.62. The van der Waals surface area contributed by atoms with Gasteiger partial charge in [0, 0.05) is 10.2 Å². The molecule has 215 valence electrons. The molecule has 0 aliphatic heterocycles. The first-order chi connectivity index (χ1) is 18.4. The molecule has 0 amide bonds. The van der Waals surface area contributed by atoms with Gasteiger partial charge in [0.1, 0.15) is 0 Å². The van der Waals surface area contributed by atoms with Crippen molar-refractivity contribution < 1.29 is 20.8 Å². The predicted octanol–water partition coefficient (Wildman–Crippen LogP) is 12.6. The van der Waals surface area contributed by atoms with Crippen LogP contribution in [-0.2, 0) is 20.8 Å². The zero-order valence-corrected chi connectivity index (χ0v) is 31.4. The standard InChI is InChI=1S/2C16H21.C2H5.CH3Si.2ClH.Zr/c2*1-10(2)13-8-14-6-12(5)7-16(14)15(9-13)11(3)4;2*1-2;;;/h2*6-11H,1-5H3;1H2,2H3;1H3;2*1H;/q3*-1;;;;+2/p-2. The van der Waals surface area contributed by atoms with E-state index in [0.717, 1.165) is 0 Å². The fraction of sp³-hybridized carbons (Fsp3) is 0.457. The number of aryl methyl sites for hydroxylation is 2. The van der Waals surface area contributed by atoms with E-state index in [1.807, 2.05) is 0 Å². The topological polar surface area (TPSA) is 0 Å².